The number of amides is 1. The molecule has 1 aliphatic carbocycles. The van der Waals surface area contributed by atoms with E-state index in [9.17, 15) is 4.79 Å². The molecule has 1 heterocycles. The third-order valence-electron chi connectivity index (χ3n) is 4.24. The average molecular weight is 289 g/mol. The van der Waals surface area contributed by atoms with Crippen LogP contribution in [0.15, 0.2) is 12.3 Å². The lowest BCUT2D eigenvalue weighted by Crippen LogP contribution is -2.46. The number of nitrogens with two attached hydrogens (primary N) is 1. The largest absolute Gasteiger partial charge is 0.397 e. The van der Waals surface area contributed by atoms with Crippen molar-refractivity contribution in [3.05, 3.63) is 23.5 Å². The van der Waals surface area contributed by atoms with Gasteiger partial charge in [-0.25, -0.2) is 0 Å². The molecule has 0 aliphatic heterocycles. The van der Waals surface area contributed by atoms with Gasteiger partial charge in [-0.3, -0.25) is 9.78 Å². The molecular formula is C17H27N3O. The van der Waals surface area contributed by atoms with Gasteiger partial charge in [0.2, 0.25) is 0 Å². The number of anilines is 1. The van der Waals surface area contributed by atoms with Crippen LogP contribution in [0.4, 0.5) is 5.69 Å². The van der Waals surface area contributed by atoms with Gasteiger partial charge in [-0.1, -0.05) is 27.7 Å². The highest BCUT2D eigenvalue weighted by Crippen LogP contribution is 2.45. The summed E-state index contributed by atoms with van der Waals surface area (Å²) in [5.41, 5.74) is 8.07. The van der Waals surface area contributed by atoms with Gasteiger partial charge >= 0.3 is 0 Å². The Morgan fingerprint density at radius 2 is 1.86 bits per heavy atom. The van der Waals surface area contributed by atoms with E-state index < -0.39 is 0 Å². The second-order valence-corrected chi connectivity index (χ2v) is 7.99. The van der Waals surface area contributed by atoms with Crippen molar-refractivity contribution in [2.45, 2.75) is 59.9 Å². The minimum Gasteiger partial charge on any atom is -0.397 e. The normalized spacial score (nSPS) is 21.0. The highest BCUT2D eigenvalue weighted by Gasteiger charge is 2.39. The summed E-state index contributed by atoms with van der Waals surface area (Å²) in [4.78, 5) is 16.7. The van der Waals surface area contributed by atoms with E-state index >= 15 is 0 Å². The molecule has 0 radical (unpaired) electrons. The molecule has 21 heavy (non-hydrogen) atoms. The molecule has 4 heteroatoms. The number of hydrogen-bond donors (Lipinski definition) is 2. The lowest BCUT2D eigenvalue weighted by molar-refractivity contribution is 0.0713. The molecule has 116 valence electrons. The van der Waals surface area contributed by atoms with Crippen LogP contribution < -0.4 is 11.1 Å². The maximum absolute atomic E-state index is 12.5. The predicted octanol–water partition coefficient (Wildman–Crippen LogP) is 3.31. The summed E-state index contributed by atoms with van der Waals surface area (Å²) in [6.45, 7) is 10.9. The summed E-state index contributed by atoms with van der Waals surface area (Å²) < 4.78 is 0. The number of rotatable bonds is 2. The van der Waals surface area contributed by atoms with Crippen LogP contribution in [-0.2, 0) is 0 Å². The van der Waals surface area contributed by atoms with Gasteiger partial charge < -0.3 is 11.1 Å². The second kappa shape index (κ2) is 5.32. The minimum atomic E-state index is -0.0641. The number of nitrogens with zero attached hydrogens (tertiary/aromatic N) is 1. The van der Waals surface area contributed by atoms with E-state index in [-0.39, 0.29) is 22.8 Å². The molecule has 2 rings (SSSR count). The average Bonchev–Trinajstić information content (AvgIpc) is 2.27. The predicted molar refractivity (Wildman–Crippen MR) is 86.1 cm³/mol. The maximum Gasteiger partial charge on any atom is 0.253 e. The molecule has 0 saturated heterocycles. The van der Waals surface area contributed by atoms with Crippen LogP contribution in [0.25, 0.3) is 0 Å². The number of nitrogens with one attached hydrogen (secondary N) is 1. The third kappa shape index (κ3) is 3.96. The molecule has 3 N–H and O–H groups in total. The number of hydrogen-bond acceptors (Lipinski definition) is 3. The summed E-state index contributed by atoms with van der Waals surface area (Å²) in [7, 11) is 0. The Kier molecular flexibility index (Phi) is 4.00. The van der Waals surface area contributed by atoms with Gasteiger partial charge in [-0.05, 0) is 43.1 Å². The molecule has 0 spiro atoms. The van der Waals surface area contributed by atoms with Gasteiger partial charge in [0.1, 0.15) is 0 Å². The smallest absolute Gasteiger partial charge is 0.253 e. The van der Waals surface area contributed by atoms with E-state index in [1.54, 1.807) is 12.3 Å². The molecule has 0 aromatic carbocycles. The van der Waals surface area contributed by atoms with Crippen molar-refractivity contribution in [2.75, 3.05) is 5.73 Å². The molecule has 1 amide bonds. The fraction of sp³-hybridized carbons (Fsp3) is 0.647. The number of aryl methyl sites for hydroxylation is 1. The van der Waals surface area contributed by atoms with Crippen molar-refractivity contribution in [3.63, 3.8) is 0 Å². The number of aromatic nitrogens is 1. The standard InChI is InChI=1S/C17H27N3O/c1-11-14(6-12(18)9-19-11)15(21)20-13-7-16(2,3)10-17(4,5)8-13/h6,9,13H,7-8,10,18H2,1-5H3,(H,20,21). The minimum absolute atomic E-state index is 0.0641. The summed E-state index contributed by atoms with van der Waals surface area (Å²) in [5, 5.41) is 3.18. The highest BCUT2D eigenvalue weighted by molar-refractivity contribution is 5.96. The van der Waals surface area contributed by atoms with E-state index in [0.717, 1.165) is 18.5 Å². The van der Waals surface area contributed by atoms with Gasteiger partial charge in [-0.15, -0.1) is 0 Å². The monoisotopic (exact) mass is 289 g/mol. The first kappa shape index (κ1) is 15.8. The molecule has 0 atom stereocenters. The summed E-state index contributed by atoms with van der Waals surface area (Å²) in [6.07, 6.45) is 4.79. The van der Waals surface area contributed by atoms with E-state index in [1.165, 1.54) is 6.42 Å². The van der Waals surface area contributed by atoms with Crippen molar-refractivity contribution >= 4 is 11.6 Å². The Balaban J connectivity index is 2.14. The van der Waals surface area contributed by atoms with Crippen molar-refractivity contribution in [1.82, 2.24) is 10.3 Å². The van der Waals surface area contributed by atoms with Gasteiger partial charge in [0.15, 0.2) is 0 Å². The Bertz CT molecular complexity index is 533. The SMILES string of the molecule is Cc1ncc(N)cc1C(=O)NC1CC(C)(C)CC(C)(C)C1. The van der Waals surface area contributed by atoms with Crippen molar-refractivity contribution in [1.29, 1.82) is 0 Å². The highest BCUT2D eigenvalue weighted by atomic mass is 16.1. The van der Waals surface area contributed by atoms with E-state index in [4.69, 9.17) is 5.73 Å². The zero-order valence-electron chi connectivity index (χ0n) is 13.8. The number of nitrogen functional groups attached to an aromatic ring is 1. The molecule has 1 aliphatic rings. The van der Waals surface area contributed by atoms with Gasteiger partial charge in [-0.2, -0.15) is 0 Å². The van der Waals surface area contributed by atoms with Crippen molar-refractivity contribution in [3.8, 4) is 0 Å². The molecule has 4 nitrogen and oxygen atoms in total. The molecule has 0 unspecified atom stereocenters. The molecule has 1 aromatic rings. The first-order valence-corrected chi connectivity index (χ1v) is 7.61. The summed E-state index contributed by atoms with van der Waals surface area (Å²) in [5.74, 6) is -0.0641. The Labute approximate surface area is 127 Å². The lowest BCUT2D eigenvalue weighted by atomic mass is 9.63. The van der Waals surface area contributed by atoms with Crippen LogP contribution in [0.1, 0.15) is 63.0 Å². The van der Waals surface area contributed by atoms with Gasteiger partial charge in [0, 0.05) is 6.04 Å². The number of carbonyl (C=O) groups excluding carboxylic acids is 1. The number of pyridine rings is 1. The third-order valence-corrected chi connectivity index (χ3v) is 4.24. The summed E-state index contributed by atoms with van der Waals surface area (Å²) >= 11 is 0. The van der Waals surface area contributed by atoms with Crippen LogP contribution in [0, 0.1) is 17.8 Å². The Morgan fingerprint density at radius 1 is 1.29 bits per heavy atom. The van der Waals surface area contributed by atoms with E-state index in [1.807, 2.05) is 6.92 Å². The van der Waals surface area contributed by atoms with Crippen LogP contribution in [0.5, 0.6) is 0 Å². The topological polar surface area (TPSA) is 68.0 Å². The fourth-order valence-corrected chi connectivity index (χ4v) is 3.99. The molecule has 0 bridgehead atoms. The second-order valence-electron chi connectivity index (χ2n) is 7.99. The zero-order chi connectivity index (χ0) is 15.8. The van der Waals surface area contributed by atoms with Crippen LogP contribution in [0.2, 0.25) is 0 Å². The van der Waals surface area contributed by atoms with E-state index in [0.29, 0.717) is 11.3 Å². The Hall–Kier alpha value is -1.58. The summed E-state index contributed by atoms with van der Waals surface area (Å²) in [6, 6.07) is 1.91. The fourth-order valence-electron chi connectivity index (χ4n) is 3.99. The molecule has 1 aromatic heterocycles. The molecule has 1 saturated carbocycles. The maximum atomic E-state index is 12.5. The van der Waals surface area contributed by atoms with Gasteiger partial charge in [0.05, 0.1) is 23.1 Å². The van der Waals surface area contributed by atoms with Crippen molar-refractivity contribution < 1.29 is 4.79 Å². The first-order chi connectivity index (χ1) is 9.58. The van der Waals surface area contributed by atoms with Gasteiger partial charge in [0.25, 0.3) is 5.91 Å². The van der Waals surface area contributed by atoms with Crippen LogP contribution >= 0.6 is 0 Å². The molecular weight excluding hydrogens is 262 g/mol. The first-order valence-electron chi connectivity index (χ1n) is 7.61. The quantitative estimate of drug-likeness (QED) is 0.877. The number of carbonyl (C=O) groups is 1. The zero-order valence-corrected chi connectivity index (χ0v) is 13.8. The lowest BCUT2D eigenvalue weighted by Gasteiger charge is -2.45. The van der Waals surface area contributed by atoms with E-state index in [2.05, 4.69) is 38.0 Å². The Morgan fingerprint density at radius 3 is 2.43 bits per heavy atom. The van der Waals surface area contributed by atoms with Crippen molar-refractivity contribution in [2.24, 2.45) is 10.8 Å². The van der Waals surface area contributed by atoms with Crippen LogP contribution in [0.3, 0.4) is 0 Å². The molecule has 1 fully saturated rings. The van der Waals surface area contributed by atoms with Crippen LogP contribution in [-0.4, -0.2) is 16.9 Å².